The van der Waals surface area contributed by atoms with Gasteiger partial charge in [-0.1, -0.05) is 28.1 Å². The first-order valence-corrected chi connectivity index (χ1v) is 7.60. The standard InChI is InChI=1S/C15H22BrNO/c1-17-14(7-8-15-6-3-9-18-15)11-12-4-2-5-13(16)10-12/h2,4-5,10,14-15,17H,3,6-9,11H2,1H3. The highest BCUT2D eigenvalue weighted by atomic mass is 79.9. The molecular weight excluding hydrogens is 290 g/mol. The van der Waals surface area contributed by atoms with Crippen LogP contribution in [-0.4, -0.2) is 25.8 Å². The zero-order valence-electron chi connectivity index (χ0n) is 11.0. The zero-order chi connectivity index (χ0) is 12.8. The third-order valence-electron chi connectivity index (χ3n) is 3.64. The molecule has 100 valence electrons. The fourth-order valence-electron chi connectivity index (χ4n) is 2.56. The quantitative estimate of drug-likeness (QED) is 0.867. The van der Waals surface area contributed by atoms with Crippen LogP contribution in [0.4, 0.5) is 0 Å². The first-order valence-electron chi connectivity index (χ1n) is 6.81. The molecule has 1 heterocycles. The summed E-state index contributed by atoms with van der Waals surface area (Å²) in [5, 5.41) is 3.42. The average Bonchev–Trinajstić information content (AvgIpc) is 2.87. The summed E-state index contributed by atoms with van der Waals surface area (Å²) in [5.74, 6) is 0. The molecule has 0 aliphatic carbocycles. The Hall–Kier alpha value is -0.380. The summed E-state index contributed by atoms with van der Waals surface area (Å²) in [6, 6.07) is 9.12. The lowest BCUT2D eigenvalue weighted by atomic mass is 9.99. The van der Waals surface area contributed by atoms with Gasteiger partial charge in [0, 0.05) is 17.1 Å². The summed E-state index contributed by atoms with van der Waals surface area (Å²) in [6.45, 7) is 0.959. The van der Waals surface area contributed by atoms with E-state index in [2.05, 4.69) is 52.6 Å². The van der Waals surface area contributed by atoms with E-state index >= 15 is 0 Å². The van der Waals surface area contributed by atoms with Crippen molar-refractivity contribution in [3.8, 4) is 0 Å². The molecule has 2 unspecified atom stereocenters. The molecule has 0 bridgehead atoms. The molecule has 18 heavy (non-hydrogen) atoms. The summed E-state index contributed by atoms with van der Waals surface area (Å²) in [6.07, 6.45) is 6.44. The van der Waals surface area contributed by atoms with Crippen LogP contribution < -0.4 is 5.32 Å². The predicted octanol–water partition coefficient (Wildman–Crippen LogP) is 3.54. The molecule has 3 heteroatoms. The van der Waals surface area contributed by atoms with E-state index in [1.165, 1.54) is 31.2 Å². The maximum absolute atomic E-state index is 5.68. The summed E-state index contributed by atoms with van der Waals surface area (Å²) in [7, 11) is 2.05. The van der Waals surface area contributed by atoms with Crippen molar-refractivity contribution >= 4 is 15.9 Å². The molecule has 0 spiro atoms. The van der Waals surface area contributed by atoms with Crippen LogP contribution in [0, 0.1) is 0 Å². The minimum atomic E-state index is 0.503. The van der Waals surface area contributed by atoms with Crippen LogP contribution >= 0.6 is 15.9 Å². The summed E-state index contributed by atoms with van der Waals surface area (Å²) >= 11 is 3.53. The lowest BCUT2D eigenvalue weighted by molar-refractivity contribution is 0.0998. The second-order valence-electron chi connectivity index (χ2n) is 5.03. The Kier molecular flexibility index (Phi) is 5.67. The van der Waals surface area contributed by atoms with Gasteiger partial charge in [0.25, 0.3) is 0 Å². The summed E-state index contributed by atoms with van der Waals surface area (Å²) in [4.78, 5) is 0. The molecular formula is C15H22BrNO. The Bertz CT molecular complexity index is 363. The highest BCUT2D eigenvalue weighted by molar-refractivity contribution is 9.10. The normalized spacial score (nSPS) is 21.1. The van der Waals surface area contributed by atoms with Gasteiger partial charge in [-0.15, -0.1) is 0 Å². The summed E-state index contributed by atoms with van der Waals surface area (Å²) < 4.78 is 6.84. The van der Waals surface area contributed by atoms with Crippen molar-refractivity contribution in [1.82, 2.24) is 5.32 Å². The predicted molar refractivity (Wildman–Crippen MR) is 78.9 cm³/mol. The van der Waals surface area contributed by atoms with Crippen LogP contribution in [0.5, 0.6) is 0 Å². The van der Waals surface area contributed by atoms with Gasteiger partial charge in [-0.2, -0.15) is 0 Å². The smallest absolute Gasteiger partial charge is 0.0576 e. The maximum Gasteiger partial charge on any atom is 0.0576 e. The van der Waals surface area contributed by atoms with Crippen molar-refractivity contribution in [2.24, 2.45) is 0 Å². The number of rotatable bonds is 6. The molecule has 1 fully saturated rings. The fraction of sp³-hybridized carbons (Fsp3) is 0.600. The van der Waals surface area contributed by atoms with Gasteiger partial charge in [-0.05, 0) is 56.8 Å². The molecule has 0 saturated carbocycles. The number of ether oxygens (including phenoxy) is 1. The van der Waals surface area contributed by atoms with Crippen molar-refractivity contribution in [3.05, 3.63) is 34.3 Å². The van der Waals surface area contributed by atoms with E-state index in [1.54, 1.807) is 0 Å². The van der Waals surface area contributed by atoms with Gasteiger partial charge in [0.15, 0.2) is 0 Å². The van der Waals surface area contributed by atoms with Gasteiger partial charge in [-0.3, -0.25) is 0 Å². The molecule has 0 aromatic heterocycles. The molecule has 1 aliphatic heterocycles. The van der Waals surface area contributed by atoms with Gasteiger partial charge in [0.1, 0.15) is 0 Å². The number of nitrogens with one attached hydrogen (secondary N) is 1. The van der Waals surface area contributed by atoms with Crippen LogP contribution in [0.15, 0.2) is 28.7 Å². The Morgan fingerprint density at radius 3 is 3.06 bits per heavy atom. The lowest BCUT2D eigenvalue weighted by Crippen LogP contribution is -2.28. The van der Waals surface area contributed by atoms with Crippen molar-refractivity contribution in [2.75, 3.05) is 13.7 Å². The van der Waals surface area contributed by atoms with Crippen LogP contribution in [0.3, 0.4) is 0 Å². The van der Waals surface area contributed by atoms with E-state index in [9.17, 15) is 0 Å². The Morgan fingerprint density at radius 1 is 1.50 bits per heavy atom. The van der Waals surface area contributed by atoms with Crippen molar-refractivity contribution in [2.45, 2.75) is 44.2 Å². The largest absolute Gasteiger partial charge is 0.378 e. The van der Waals surface area contributed by atoms with Crippen LogP contribution in [0.25, 0.3) is 0 Å². The van der Waals surface area contributed by atoms with Crippen LogP contribution in [0.1, 0.15) is 31.2 Å². The van der Waals surface area contributed by atoms with Crippen molar-refractivity contribution in [3.63, 3.8) is 0 Å². The number of halogens is 1. The second-order valence-corrected chi connectivity index (χ2v) is 5.95. The van der Waals surface area contributed by atoms with Crippen LogP contribution in [-0.2, 0) is 11.2 Å². The molecule has 0 radical (unpaired) electrons. The number of hydrogen-bond acceptors (Lipinski definition) is 2. The molecule has 1 aromatic rings. The monoisotopic (exact) mass is 311 g/mol. The Morgan fingerprint density at radius 2 is 2.39 bits per heavy atom. The second kappa shape index (κ2) is 7.27. The van der Waals surface area contributed by atoms with E-state index in [4.69, 9.17) is 4.74 Å². The Labute approximate surface area is 118 Å². The molecule has 2 nitrogen and oxygen atoms in total. The van der Waals surface area contributed by atoms with Crippen molar-refractivity contribution in [1.29, 1.82) is 0 Å². The lowest BCUT2D eigenvalue weighted by Gasteiger charge is -2.18. The average molecular weight is 312 g/mol. The van der Waals surface area contributed by atoms with E-state index in [1.807, 2.05) is 0 Å². The maximum atomic E-state index is 5.68. The molecule has 1 saturated heterocycles. The highest BCUT2D eigenvalue weighted by Crippen LogP contribution is 2.19. The SMILES string of the molecule is CNC(CCC1CCCO1)Cc1cccc(Br)c1. The third kappa shape index (κ3) is 4.38. The van der Waals surface area contributed by atoms with E-state index in [-0.39, 0.29) is 0 Å². The zero-order valence-corrected chi connectivity index (χ0v) is 12.6. The molecule has 1 aromatic carbocycles. The summed E-state index contributed by atoms with van der Waals surface area (Å²) in [5.41, 5.74) is 1.39. The minimum absolute atomic E-state index is 0.503. The van der Waals surface area contributed by atoms with Gasteiger partial charge >= 0.3 is 0 Å². The highest BCUT2D eigenvalue weighted by Gasteiger charge is 2.17. The van der Waals surface area contributed by atoms with Gasteiger partial charge < -0.3 is 10.1 Å². The van der Waals surface area contributed by atoms with Gasteiger partial charge in [0.05, 0.1) is 6.10 Å². The molecule has 2 atom stereocenters. The van der Waals surface area contributed by atoms with Gasteiger partial charge in [-0.25, -0.2) is 0 Å². The topological polar surface area (TPSA) is 21.3 Å². The number of benzene rings is 1. The van der Waals surface area contributed by atoms with Crippen molar-refractivity contribution < 1.29 is 4.74 Å². The Balaban J connectivity index is 1.81. The first kappa shape index (κ1) is 14.0. The minimum Gasteiger partial charge on any atom is -0.378 e. The number of likely N-dealkylation sites (N-methyl/N-ethyl adjacent to an activating group) is 1. The molecule has 1 aliphatic rings. The number of hydrogen-bond donors (Lipinski definition) is 1. The van der Waals surface area contributed by atoms with Crippen LogP contribution in [0.2, 0.25) is 0 Å². The molecule has 0 amide bonds. The third-order valence-corrected chi connectivity index (χ3v) is 4.13. The first-order chi connectivity index (χ1) is 8.78. The van der Waals surface area contributed by atoms with E-state index in [0.717, 1.165) is 17.5 Å². The van der Waals surface area contributed by atoms with E-state index < -0.39 is 0 Å². The van der Waals surface area contributed by atoms with Gasteiger partial charge in [0.2, 0.25) is 0 Å². The molecule has 1 N–H and O–H groups in total. The van der Waals surface area contributed by atoms with E-state index in [0.29, 0.717) is 12.1 Å². The molecule has 2 rings (SSSR count). The fourth-order valence-corrected chi connectivity index (χ4v) is 3.00.